The second-order valence-electron chi connectivity index (χ2n) is 5.25. The molecule has 0 radical (unpaired) electrons. The van der Waals surface area contributed by atoms with Gasteiger partial charge in [0.15, 0.2) is 6.61 Å². The van der Waals surface area contributed by atoms with Crippen LogP contribution in [0.4, 0.5) is 0 Å². The Morgan fingerprint density at radius 1 is 1.29 bits per heavy atom. The number of amides is 1. The molecule has 2 aromatic rings. The van der Waals surface area contributed by atoms with Crippen LogP contribution in [0.2, 0.25) is 0 Å². The van der Waals surface area contributed by atoms with E-state index in [4.69, 9.17) is 18.6 Å². The van der Waals surface area contributed by atoms with Crippen LogP contribution in [-0.4, -0.2) is 31.7 Å². The zero-order valence-corrected chi connectivity index (χ0v) is 13.1. The summed E-state index contributed by atoms with van der Waals surface area (Å²) in [5.41, 5.74) is 0.751. The first-order chi connectivity index (χ1) is 11.6. The SMILES string of the molecule is C[C@@H](NC(=O)COC(=O)C1=COCCO1)c1cc2ccccc2o1. The van der Waals surface area contributed by atoms with Crippen molar-refractivity contribution in [2.24, 2.45) is 0 Å². The van der Waals surface area contributed by atoms with Crippen LogP contribution in [0.3, 0.4) is 0 Å². The number of hydrogen-bond acceptors (Lipinski definition) is 6. The Bertz CT molecular complexity index is 745. The van der Waals surface area contributed by atoms with Gasteiger partial charge < -0.3 is 23.9 Å². The van der Waals surface area contributed by atoms with E-state index in [1.165, 1.54) is 6.26 Å². The number of esters is 1. The van der Waals surface area contributed by atoms with Gasteiger partial charge in [0, 0.05) is 5.39 Å². The van der Waals surface area contributed by atoms with Gasteiger partial charge >= 0.3 is 5.97 Å². The van der Waals surface area contributed by atoms with Crippen molar-refractivity contribution >= 4 is 22.8 Å². The average molecular weight is 331 g/mol. The minimum atomic E-state index is -0.735. The van der Waals surface area contributed by atoms with Gasteiger partial charge in [0.1, 0.15) is 30.8 Å². The molecule has 0 unspecified atom stereocenters. The van der Waals surface area contributed by atoms with Gasteiger partial charge in [-0.3, -0.25) is 4.79 Å². The number of carbonyl (C=O) groups is 2. The summed E-state index contributed by atoms with van der Waals surface area (Å²) in [6.07, 6.45) is 1.18. The van der Waals surface area contributed by atoms with Crippen LogP contribution in [0.1, 0.15) is 18.7 Å². The first-order valence-corrected chi connectivity index (χ1v) is 7.53. The Morgan fingerprint density at radius 3 is 2.88 bits per heavy atom. The standard InChI is InChI=1S/C17H17NO6/c1-11(14-8-12-4-2-3-5-13(12)24-14)18-16(19)10-23-17(20)15-9-21-6-7-22-15/h2-5,8-9,11H,6-7,10H2,1H3,(H,18,19)/t11-/m1/s1. The Kier molecular flexibility index (Phi) is 4.69. The number of rotatable bonds is 5. The molecule has 0 spiro atoms. The maximum Gasteiger partial charge on any atom is 0.377 e. The Morgan fingerprint density at radius 2 is 2.12 bits per heavy atom. The molecule has 2 heterocycles. The highest BCUT2D eigenvalue weighted by Crippen LogP contribution is 2.23. The molecule has 1 amide bonds. The highest BCUT2D eigenvalue weighted by molar-refractivity contribution is 5.88. The van der Waals surface area contributed by atoms with Crippen LogP contribution in [0.25, 0.3) is 11.0 Å². The van der Waals surface area contributed by atoms with E-state index in [0.29, 0.717) is 12.4 Å². The van der Waals surface area contributed by atoms with Gasteiger partial charge in [0.25, 0.3) is 5.91 Å². The van der Waals surface area contributed by atoms with Crippen LogP contribution < -0.4 is 5.32 Å². The monoisotopic (exact) mass is 331 g/mol. The van der Waals surface area contributed by atoms with Gasteiger partial charge in [-0.1, -0.05) is 18.2 Å². The lowest BCUT2D eigenvalue weighted by molar-refractivity contribution is -0.149. The summed E-state index contributed by atoms with van der Waals surface area (Å²) in [6.45, 7) is 2.03. The lowest BCUT2D eigenvalue weighted by Gasteiger charge is -2.15. The van der Waals surface area contributed by atoms with E-state index in [9.17, 15) is 9.59 Å². The molecule has 24 heavy (non-hydrogen) atoms. The number of carbonyl (C=O) groups excluding carboxylic acids is 2. The van der Waals surface area contributed by atoms with Crippen LogP contribution in [0.5, 0.6) is 0 Å². The van der Waals surface area contributed by atoms with Gasteiger partial charge in [-0.05, 0) is 19.1 Å². The van der Waals surface area contributed by atoms with Crippen molar-refractivity contribution in [3.05, 3.63) is 48.1 Å². The molecule has 0 saturated heterocycles. The van der Waals surface area contributed by atoms with Gasteiger partial charge in [0.2, 0.25) is 5.76 Å². The summed E-state index contributed by atoms with van der Waals surface area (Å²) in [7, 11) is 0. The molecule has 126 valence electrons. The number of ether oxygens (including phenoxy) is 3. The number of furan rings is 1. The molecule has 0 aliphatic carbocycles. The first kappa shape index (κ1) is 15.9. The van der Waals surface area contributed by atoms with Gasteiger partial charge in [-0.25, -0.2) is 4.79 Å². The molecule has 7 nitrogen and oxygen atoms in total. The second-order valence-corrected chi connectivity index (χ2v) is 5.25. The van der Waals surface area contributed by atoms with Crippen LogP contribution in [-0.2, 0) is 23.8 Å². The second kappa shape index (κ2) is 7.08. The van der Waals surface area contributed by atoms with Crippen LogP contribution >= 0.6 is 0 Å². The maximum atomic E-state index is 11.9. The van der Waals surface area contributed by atoms with Crippen molar-refractivity contribution in [2.45, 2.75) is 13.0 Å². The van der Waals surface area contributed by atoms with E-state index in [-0.39, 0.29) is 18.4 Å². The summed E-state index contributed by atoms with van der Waals surface area (Å²) in [5.74, 6) is -0.586. The van der Waals surface area contributed by atoms with Crippen molar-refractivity contribution in [1.82, 2.24) is 5.32 Å². The lowest BCUT2D eigenvalue weighted by Crippen LogP contribution is -2.31. The predicted octanol–water partition coefficient (Wildman–Crippen LogP) is 2.04. The summed E-state index contributed by atoms with van der Waals surface area (Å²) in [5, 5.41) is 3.67. The largest absolute Gasteiger partial charge is 0.493 e. The number of nitrogens with one attached hydrogen (secondary N) is 1. The molecule has 1 aliphatic rings. The molecular weight excluding hydrogens is 314 g/mol. The van der Waals surface area contributed by atoms with Gasteiger partial charge in [0.05, 0.1) is 6.04 Å². The van der Waals surface area contributed by atoms with Gasteiger partial charge in [-0.15, -0.1) is 0 Å². The van der Waals surface area contributed by atoms with E-state index >= 15 is 0 Å². The fourth-order valence-electron chi connectivity index (χ4n) is 2.25. The number of fused-ring (bicyclic) bond motifs is 1. The molecular formula is C17H17NO6. The molecule has 7 heteroatoms. The van der Waals surface area contributed by atoms with E-state index in [0.717, 1.165) is 11.0 Å². The van der Waals surface area contributed by atoms with Crippen LogP contribution in [0.15, 0.2) is 46.8 Å². The molecule has 1 atom stereocenters. The highest BCUT2D eigenvalue weighted by atomic mass is 16.6. The molecule has 0 saturated carbocycles. The van der Waals surface area contributed by atoms with E-state index < -0.39 is 18.5 Å². The highest BCUT2D eigenvalue weighted by Gasteiger charge is 2.19. The summed E-state index contributed by atoms with van der Waals surface area (Å²) >= 11 is 0. The fourth-order valence-corrected chi connectivity index (χ4v) is 2.25. The third-order valence-corrected chi connectivity index (χ3v) is 3.43. The molecule has 0 fully saturated rings. The summed E-state index contributed by atoms with van der Waals surface area (Å²) in [6, 6.07) is 9.09. The number of benzene rings is 1. The normalized spacial score (nSPS) is 15.0. The summed E-state index contributed by atoms with van der Waals surface area (Å²) in [4.78, 5) is 23.6. The molecule has 1 aliphatic heterocycles. The molecule has 3 rings (SSSR count). The fraction of sp³-hybridized carbons (Fsp3) is 0.294. The number of hydrogen-bond donors (Lipinski definition) is 1. The Labute approximate surface area is 138 Å². The van der Waals surface area contributed by atoms with Crippen molar-refractivity contribution in [1.29, 1.82) is 0 Å². The minimum Gasteiger partial charge on any atom is -0.493 e. The van der Waals surface area contributed by atoms with Crippen molar-refractivity contribution in [3.8, 4) is 0 Å². The van der Waals surface area contributed by atoms with E-state index in [2.05, 4.69) is 5.32 Å². The van der Waals surface area contributed by atoms with Crippen LogP contribution in [0, 0.1) is 0 Å². The molecule has 1 N–H and O–H groups in total. The average Bonchev–Trinajstić information content (AvgIpc) is 3.05. The summed E-state index contributed by atoms with van der Waals surface area (Å²) < 4.78 is 20.6. The zero-order chi connectivity index (χ0) is 16.9. The molecule has 1 aromatic heterocycles. The number of para-hydroxylation sites is 1. The topological polar surface area (TPSA) is 87.0 Å². The third kappa shape index (κ3) is 3.68. The van der Waals surface area contributed by atoms with Gasteiger partial charge in [-0.2, -0.15) is 0 Å². The third-order valence-electron chi connectivity index (χ3n) is 3.43. The zero-order valence-electron chi connectivity index (χ0n) is 13.1. The quantitative estimate of drug-likeness (QED) is 0.844. The predicted molar refractivity (Wildman–Crippen MR) is 83.7 cm³/mol. The lowest BCUT2D eigenvalue weighted by atomic mass is 10.2. The minimum absolute atomic E-state index is 0.0422. The Balaban J connectivity index is 1.52. The van der Waals surface area contributed by atoms with Crippen molar-refractivity contribution in [2.75, 3.05) is 19.8 Å². The smallest absolute Gasteiger partial charge is 0.377 e. The molecule has 1 aromatic carbocycles. The Hall–Kier alpha value is -2.96. The van der Waals surface area contributed by atoms with Crippen molar-refractivity contribution in [3.63, 3.8) is 0 Å². The maximum absolute atomic E-state index is 11.9. The van der Waals surface area contributed by atoms with E-state index in [1.54, 1.807) is 6.92 Å². The van der Waals surface area contributed by atoms with Crippen molar-refractivity contribution < 1.29 is 28.2 Å². The molecule has 0 bridgehead atoms. The van der Waals surface area contributed by atoms with E-state index in [1.807, 2.05) is 30.3 Å². The first-order valence-electron chi connectivity index (χ1n) is 7.53.